The van der Waals surface area contributed by atoms with Crippen LogP contribution in [-0.2, 0) is 11.2 Å². The molecule has 2 fully saturated rings. The molecule has 0 N–H and O–H groups in total. The molecule has 0 amide bonds. The average Bonchev–Trinajstić information content (AvgIpc) is 3.48. The van der Waals surface area contributed by atoms with Gasteiger partial charge in [0.25, 0.3) is 0 Å². The van der Waals surface area contributed by atoms with Gasteiger partial charge < -0.3 is 9.69 Å². The Bertz CT molecular complexity index is 1100. The zero-order chi connectivity index (χ0) is 20.1. The SMILES string of the molecule is CN1C[C@H](C=O)C=CC2c3cccc4c3c(cn4C(=O)CC3(C)C4CC43C)C[C@H]21. The first-order valence-electron chi connectivity index (χ1n) is 10.9. The van der Waals surface area contributed by atoms with Crippen molar-refractivity contribution in [3.63, 3.8) is 0 Å². The largest absolute Gasteiger partial charge is 0.303 e. The molecule has 0 spiro atoms. The third-order valence-electron chi connectivity index (χ3n) is 8.96. The number of aldehydes is 1. The maximum absolute atomic E-state index is 13.3. The number of carbonyl (C=O) groups excluding carboxylic acids is 2. The van der Waals surface area contributed by atoms with Crippen LogP contribution in [0.1, 0.15) is 48.5 Å². The van der Waals surface area contributed by atoms with E-state index in [1.165, 1.54) is 22.9 Å². The molecule has 3 aliphatic carbocycles. The van der Waals surface area contributed by atoms with Crippen molar-refractivity contribution in [1.82, 2.24) is 9.47 Å². The van der Waals surface area contributed by atoms with Gasteiger partial charge in [-0.05, 0) is 53.8 Å². The van der Waals surface area contributed by atoms with E-state index in [2.05, 4.69) is 62.3 Å². The molecule has 0 bridgehead atoms. The lowest BCUT2D eigenvalue weighted by Gasteiger charge is -2.35. The lowest BCUT2D eigenvalue weighted by atomic mass is 9.79. The van der Waals surface area contributed by atoms with Crippen molar-refractivity contribution in [3.05, 3.63) is 47.7 Å². The summed E-state index contributed by atoms with van der Waals surface area (Å²) in [6.07, 6.45) is 10.3. The smallest absolute Gasteiger partial charge is 0.231 e. The zero-order valence-corrected chi connectivity index (χ0v) is 17.4. The Kier molecular flexibility index (Phi) is 3.33. The fraction of sp³-hybridized carbons (Fsp3) is 0.520. The van der Waals surface area contributed by atoms with E-state index >= 15 is 0 Å². The molecule has 2 heterocycles. The molecule has 1 aliphatic heterocycles. The number of aromatic nitrogens is 1. The van der Waals surface area contributed by atoms with Crippen molar-refractivity contribution in [2.75, 3.05) is 13.6 Å². The van der Waals surface area contributed by atoms with Crippen molar-refractivity contribution in [2.45, 2.75) is 45.1 Å². The highest BCUT2D eigenvalue weighted by molar-refractivity contribution is 5.97. The predicted molar refractivity (Wildman–Crippen MR) is 113 cm³/mol. The predicted octanol–water partition coefficient (Wildman–Crippen LogP) is 4.04. The molecule has 1 aromatic heterocycles. The van der Waals surface area contributed by atoms with Crippen molar-refractivity contribution in [1.29, 1.82) is 0 Å². The Balaban J connectivity index is 1.41. The summed E-state index contributed by atoms with van der Waals surface area (Å²) in [7, 11) is 2.12. The van der Waals surface area contributed by atoms with Gasteiger partial charge in [0, 0.05) is 42.4 Å². The summed E-state index contributed by atoms with van der Waals surface area (Å²) in [6, 6.07) is 6.71. The van der Waals surface area contributed by atoms with Crippen molar-refractivity contribution >= 4 is 23.1 Å². The van der Waals surface area contributed by atoms with E-state index in [0.29, 0.717) is 17.9 Å². The summed E-state index contributed by atoms with van der Waals surface area (Å²) in [4.78, 5) is 27.0. The van der Waals surface area contributed by atoms with Gasteiger partial charge >= 0.3 is 0 Å². The van der Waals surface area contributed by atoms with E-state index in [0.717, 1.165) is 30.7 Å². The number of hydrogen-bond acceptors (Lipinski definition) is 3. The molecular weight excluding hydrogens is 360 g/mol. The van der Waals surface area contributed by atoms with Gasteiger partial charge in [0.2, 0.25) is 5.91 Å². The summed E-state index contributed by atoms with van der Waals surface area (Å²) < 4.78 is 1.93. The van der Waals surface area contributed by atoms with Crippen LogP contribution >= 0.6 is 0 Å². The molecule has 29 heavy (non-hydrogen) atoms. The van der Waals surface area contributed by atoms with Crippen molar-refractivity contribution in [3.8, 4) is 0 Å². The second kappa shape index (κ2) is 5.48. The van der Waals surface area contributed by atoms with Crippen LogP contribution in [0.15, 0.2) is 36.5 Å². The number of hydrogen-bond donors (Lipinski definition) is 0. The first-order valence-corrected chi connectivity index (χ1v) is 10.9. The summed E-state index contributed by atoms with van der Waals surface area (Å²) in [5.74, 6) is 1.21. The maximum atomic E-state index is 13.3. The van der Waals surface area contributed by atoms with Gasteiger partial charge in [-0.2, -0.15) is 0 Å². The molecule has 0 saturated heterocycles. The van der Waals surface area contributed by atoms with Gasteiger partial charge in [-0.1, -0.05) is 38.1 Å². The molecule has 150 valence electrons. The summed E-state index contributed by atoms with van der Waals surface area (Å²) in [5, 5.41) is 1.25. The normalized spacial score (nSPS) is 39.6. The Hall–Kier alpha value is -2.20. The molecule has 6 rings (SSSR count). The van der Waals surface area contributed by atoms with Crippen LogP contribution in [0.2, 0.25) is 0 Å². The van der Waals surface area contributed by atoms with Crippen LogP contribution in [0.3, 0.4) is 0 Å². The van der Waals surface area contributed by atoms with Gasteiger partial charge in [-0.3, -0.25) is 9.36 Å². The molecule has 2 aromatic rings. The highest BCUT2D eigenvalue weighted by Crippen LogP contribution is 2.88. The highest BCUT2D eigenvalue weighted by atomic mass is 16.2. The van der Waals surface area contributed by atoms with E-state index < -0.39 is 0 Å². The molecule has 4 nitrogen and oxygen atoms in total. The fourth-order valence-electron chi connectivity index (χ4n) is 6.63. The lowest BCUT2D eigenvalue weighted by Crippen LogP contribution is -2.40. The third-order valence-corrected chi connectivity index (χ3v) is 8.96. The molecule has 6 atom stereocenters. The Morgan fingerprint density at radius 3 is 2.76 bits per heavy atom. The van der Waals surface area contributed by atoms with Crippen LogP contribution in [0.5, 0.6) is 0 Å². The first kappa shape index (κ1) is 17.6. The van der Waals surface area contributed by atoms with E-state index in [-0.39, 0.29) is 23.2 Å². The number of benzene rings is 1. The second-order valence-electron chi connectivity index (χ2n) is 10.3. The van der Waals surface area contributed by atoms with Gasteiger partial charge in [-0.25, -0.2) is 0 Å². The fourth-order valence-corrected chi connectivity index (χ4v) is 6.63. The van der Waals surface area contributed by atoms with Gasteiger partial charge in [0.15, 0.2) is 0 Å². The number of nitrogens with zero attached hydrogens (tertiary/aromatic N) is 2. The van der Waals surface area contributed by atoms with Gasteiger partial charge in [-0.15, -0.1) is 0 Å². The van der Waals surface area contributed by atoms with E-state index in [9.17, 15) is 9.59 Å². The summed E-state index contributed by atoms with van der Waals surface area (Å²) in [5.41, 5.74) is 4.24. The zero-order valence-electron chi connectivity index (χ0n) is 17.4. The number of rotatable bonds is 3. The molecule has 4 heteroatoms. The molecule has 4 aliphatic rings. The average molecular weight is 389 g/mol. The van der Waals surface area contributed by atoms with Crippen LogP contribution in [-0.4, -0.2) is 41.3 Å². The molecule has 2 saturated carbocycles. The Labute approximate surface area is 171 Å². The van der Waals surface area contributed by atoms with Crippen LogP contribution in [0.4, 0.5) is 0 Å². The second-order valence-corrected chi connectivity index (χ2v) is 10.3. The lowest BCUT2D eigenvalue weighted by molar-refractivity contribution is -0.110. The van der Waals surface area contributed by atoms with Crippen LogP contribution < -0.4 is 0 Å². The molecule has 1 aromatic carbocycles. The number of likely N-dealkylation sites (N-methyl/N-ethyl adjacent to an activating group) is 1. The summed E-state index contributed by atoms with van der Waals surface area (Å²) in [6.45, 7) is 5.37. The Morgan fingerprint density at radius 1 is 1.28 bits per heavy atom. The number of carbonyl (C=O) groups is 2. The number of fused-ring (bicyclic) bond motifs is 3. The van der Waals surface area contributed by atoms with Gasteiger partial charge in [0.1, 0.15) is 6.29 Å². The molecule has 4 unspecified atom stereocenters. The quantitative estimate of drug-likeness (QED) is 0.589. The minimum absolute atomic E-state index is 0.0437. The molecule has 0 radical (unpaired) electrons. The Morgan fingerprint density at radius 2 is 2.07 bits per heavy atom. The van der Waals surface area contributed by atoms with Crippen LogP contribution in [0, 0.1) is 22.7 Å². The minimum atomic E-state index is -0.0437. The van der Waals surface area contributed by atoms with E-state index in [1.54, 1.807) is 0 Å². The highest BCUT2D eigenvalue weighted by Gasteiger charge is 2.83. The topological polar surface area (TPSA) is 42.3 Å². The summed E-state index contributed by atoms with van der Waals surface area (Å²) >= 11 is 0. The standard InChI is InChI=1S/C25H28N2O2/c1-24-10-21(24)25(24,2)11-22(29)27-13-16-9-20-17(8-7-15(14-28)12-26(20)3)18-5-4-6-19(27)23(16)18/h4-8,13-15,17,20-21H,9-12H2,1-3H3/t15-,17?,20-,21?,24?,25?/m1/s1. The van der Waals surface area contributed by atoms with Crippen molar-refractivity contribution in [2.24, 2.45) is 22.7 Å². The van der Waals surface area contributed by atoms with Gasteiger partial charge in [0.05, 0.1) is 5.52 Å². The van der Waals surface area contributed by atoms with E-state index in [1.807, 2.05) is 4.57 Å². The minimum Gasteiger partial charge on any atom is -0.303 e. The van der Waals surface area contributed by atoms with Crippen molar-refractivity contribution < 1.29 is 9.59 Å². The van der Waals surface area contributed by atoms with E-state index in [4.69, 9.17) is 0 Å². The maximum Gasteiger partial charge on any atom is 0.231 e. The third kappa shape index (κ3) is 2.18. The van der Waals surface area contributed by atoms with Crippen LogP contribution in [0.25, 0.3) is 10.9 Å². The first-order chi connectivity index (χ1) is 13.9. The monoisotopic (exact) mass is 388 g/mol. The molecular formula is C25H28N2O2.